The fourth-order valence-corrected chi connectivity index (χ4v) is 1.47. The van der Waals surface area contributed by atoms with E-state index in [4.69, 9.17) is 0 Å². The number of aliphatic imine (C=N–C) groups is 1. The Morgan fingerprint density at radius 1 is 1.27 bits per heavy atom. The van der Waals surface area contributed by atoms with E-state index < -0.39 is 0 Å². The molecule has 1 aromatic rings. The number of rotatable bonds is 2. The van der Waals surface area contributed by atoms with Gasteiger partial charge in [0.05, 0.1) is 5.69 Å². The van der Waals surface area contributed by atoms with Gasteiger partial charge in [-0.3, -0.25) is 4.99 Å². The summed E-state index contributed by atoms with van der Waals surface area (Å²) in [6, 6.07) is 6.37. The van der Waals surface area contributed by atoms with Crippen LogP contribution in [0.25, 0.3) is 6.08 Å². The third-order valence-electron chi connectivity index (χ3n) is 2.41. The SMILES string of the molecule is C=Nc1cc(C(C)(C)C)ccc1/C=C\C. The predicted octanol–water partition coefficient (Wildman–Crippen LogP) is 4.35. The van der Waals surface area contributed by atoms with Crippen molar-refractivity contribution in [2.24, 2.45) is 4.99 Å². The lowest BCUT2D eigenvalue weighted by atomic mass is 9.86. The van der Waals surface area contributed by atoms with Gasteiger partial charge in [0.15, 0.2) is 0 Å². The molecule has 0 aliphatic heterocycles. The van der Waals surface area contributed by atoms with Crippen molar-refractivity contribution in [3.05, 3.63) is 35.4 Å². The minimum Gasteiger partial charge on any atom is -0.264 e. The van der Waals surface area contributed by atoms with Gasteiger partial charge < -0.3 is 0 Å². The van der Waals surface area contributed by atoms with Crippen molar-refractivity contribution < 1.29 is 0 Å². The minimum absolute atomic E-state index is 0.161. The second-order valence-electron chi connectivity index (χ2n) is 4.68. The van der Waals surface area contributed by atoms with Gasteiger partial charge in [0.25, 0.3) is 0 Å². The maximum atomic E-state index is 4.06. The Morgan fingerprint density at radius 2 is 1.93 bits per heavy atom. The quantitative estimate of drug-likeness (QED) is 0.631. The van der Waals surface area contributed by atoms with Crippen molar-refractivity contribution in [2.45, 2.75) is 33.1 Å². The molecule has 80 valence electrons. The van der Waals surface area contributed by atoms with Gasteiger partial charge in [-0.05, 0) is 36.2 Å². The van der Waals surface area contributed by atoms with E-state index in [-0.39, 0.29) is 5.41 Å². The molecule has 0 spiro atoms. The highest BCUT2D eigenvalue weighted by molar-refractivity contribution is 5.66. The molecule has 1 heteroatoms. The molecule has 1 aromatic carbocycles. The van der Waals surface area contributed by atoms with Crippen molar-refractivity contribution in [3.8, 4) is 0 Å². The van der Waals surface area contributed by atoms with Gasteiger partial charge in [-0.2, -0.15) is 0 Å². The predicted molar refractivity (Wildman–Crippen MR) is 69.1 cm³/mol. The van der Waals surface area contributed by atoms with E-state index >= 15 is 0 Å². The Labute approximate surface area is 92.6 Å². The smallest absolute Gasteiger partial charge is 0.0697 e. The van der Waals surface area contributed by atoms with E-state index in [1.54, 1.807) is 0 Å². The van der Waals surface area contributed by atoms with Gasteiger partial charge in [0.2, 0.25) is 0 Å². The van der Waals surface area contributed by atoms with Crippen LogP contribution in [-0.2, 0) is 5.41 Å². The highest BCUT2D eigenvalue weighted by atomic mass is 14.7. The highest BCUT2D eigenvalue weighted by Crippen LogP contribution is 2.29. The molecule has 0 atom stereocenters. The van der Waals surface area contributed by atoms with E-state index in [0.717, 1.165) is 11.3 Å². The number of hydrogen-bond donors (Lipinski definition) is 0. The topological polar surface area (TPSA) is 12.4 Å². The maximum Gasteiger partial charge on any atom is 0.0697 e. The zero-order chi connectivity index (χ0) is 11.5. The second kappa shape index (κ2) is 4.43. The third kappa shape index (κ3) is 2.79. The molecule has 0 unspecified atom stereocenters. The zero-order valence-corrected chi connectivity index (χ0v) is 10.0. The molecule has 0 amide bonds. The summed E-state index contributed by atoms with van der Waals surface area (Å²) in [5, 5.41) is 0. The Hall–Kier alpha value is -1.37. The molecule has 0 bridgehead atoms. The van der Waals surface area contributed by atoms with Gasteiger partial charge in [-0.15, -0.1) is 0 Å². The number of nitrogens with zero attached hydrogens (tertiary/aromatic N) is 1. The molecule has 0 saturated carbocycles. The van der Waals surface area contributed by atoms with Gasteiger partial charge in [0.1, 0.15) is 0 Å². The average molecular weight is 201 g/mol. The lowest BCUT2D eigenvalue weighted by molar-refractivity contribution is 0.590. The normalized spacial score (nSPS) is 12.0. The van der Waals surface area contributed by atoms with Crippen LogP contribution in [0.3, 0.4) is 0 Å². The standard InChI is InChI=1S/C14H19N/c1-6-7-11-8-9-12(14(2,3)4)10-13(11)15-5/h6-10H,5H2,1-4H3/b7-6-. The molecule has 1 rings (SSSR count). The second-order valence-corrected chi connectivity index (χ2v) is 4.68. The van der Waals surface area contributed by atoms with Gasteiger partial charge in [-0.25, -0.2) is 0 Å². The Bertz CT molecular complexity index is 381. The molecule has 1 nitrogen and oxygen atoms in total. The lowest BCUT2D eigenvalue weighted by Crippen LogP contribution is -2.10. The summed E-state index contributed by atoms with van der Waals surface area (Å²) in [6.07, 6.45) is 4.07. The van der Waals surface area contributed by atoms with Crippen LogP contribution in [0.5, 0.6) is 0 Å². The van der Waals surface area contributed by atoms with Crippen LogP contribution in [0.1, 0.15) is 38.8 Å². The largest absolute Gasteiger partial charge is 0.264 e. The summed E-state index contributed by atoms with van der Waals surface area (Å²) >= 11 is 0. The number of benzene rings is 1. The monoisotopic (exact) mass is 201 g/mol. The Kier molecular flexibility index (Phi) is 3.46. The van der Waals surface area contributed by atoms with Crippen LogP contribution in [0.2, 0.25) is 0 Å². The first-order valence-electron chi connectivity index (χ1n) is 5.23. The minimum atomic E-state index is 0.161. The van der Waals surface area contributed by atoms with Crippen molar-refractivity contribution in [1.29, 1.82) is 0 Å². The van der Waals surface area contributed by atoms with Crippen molar-refractivity contribution in [2.75, 3.05) is 0 Å². The first-order valence-corrected chi connectivity index (χ1v) is 5.23. The van der Waals surface area contributed by atoms with Crippen molar-refractivity contribution >= 4 is 18.5 Å². The molecule has 15 heavy (non-hydrogen) atoms. The first kappa shape index (κ1) is 11.7. The lowest BCUT2D eigenvalue weighted by Gasteiger charge is -2.19. The molecule has 0 radical (unpaired) electrons. The summed E-state index contributed by atoms with van der Waals surface area (Å²) in [4.78, 5) is 4.06. The van der Waals surface area contributed by atoms with Crippen LogP contribution in [-0.4, -0.2) is 6.72 Å². The fraction of sp³-hybridized carbons (Fsp3) is 0.357. The fourth-order valence-electron chi connectivity index (χ4n) is 1.47. The van der Waals surface area contributed by atoms with Gasteiger partial charge in [-0.1, -0.05) is 45.1 Å². The molecule has 0 saturated heterocycles. The van der Waals surface area contributed by atoms with E-state index in [2.05, 4.69) is 56.8 Å². The maximum absolute atomic E-state index is 4.06. The van der Waals surface area contributed by atoms with Crippen LogP contribution in [0.4, 0.5) is 5.69 Å². The van der Waals surface area contributed by atoms with Crippen LogP contribution >= 0.6 is 0 Å². The third-order valence-corrected chi connectivity index (χ3v) is 2.41. The molecular weight excluding hydrogens is 182 g/mol. The van der Waals surface area contributed by atoms with E-state index in [0.29, 0.717) is 0 Å². The molecular formula is C14H19N. The Balaban J connectivity index is 3.25. The summed E-state index contributed by atoms with van der Waals surface area (Å²) < 4.78 is 0. The average Bonchev–Trinajstić information content (AvgIpc) is 2.17. The van der Waals surface area contributed by atoms with Gasteiger partial charge >= 0.3 is 0 Å². The Morgan fingerprint density at radius 3 is 2.40 bits per heavy atom. The van der Waals surface area contributed by atoms with Crippen LogP contribution in [0, 0.1) is 0 Å². The molecule has 0 aliphatic rings. The zero-order valence-electron chi connectivity index (χ0n) is 10.0. The molecule has 0 heterocycles. The molecule has 0 N–H and O–H groups in total. The summed E-state index contributed by atoms with van der Waals surface area (Å²) in [5.41, 5.74) is 3.53. The van der Waals surface area contributed by atoms with Crippen LogP contribution in [0.15, 0.2) is 29.3 Å². The molecule has 0 aliphatic carbocycles. The van der Waals surface area contributed by atoms with Crippen LogP contribution < -0.4 is 0 Å². The summed E-state index contributed by atoms with van der Waals surface area (Å²) in [7, 11) is 0. The number of allylic oxidation sites excluding steroid dienone is 1. The number of hydrogen-bond acceptors (Lipinski definition) is 1. The summed E-state index contributed by atoms with van der Waals surface area (Å²) in [6.45, 7) is 12.2. The van der Waals surface area contributed by atoms with Crippen molar-refractivity contribution in [1.82, 2.24) is 0 Å². The highest BCUT2D eigenvalue weighted by Gasteiger charge is 2.14. The molecule has 0 fully saturated rings. The molecule has 0 aromatic heterocycles. The van der Waals surface area contributed by atoms with E-state index in [1.807, 2.05) is 13.0 Å². The first-order chi connectivity index (χ1) is 6.99. The van der Waals surface area contributed by atoms with Crippen molar-refractivity contribution in [3.63, 3.8) is 0 Å². The van der Waals surface area contributed by atoms with Gasteiger partial charge in [0, 0.05) is 0 Å². The van der Waals surface area contributed by atoms with E-state index in [9.17, 15) is 0 Å². The summed E-state index contributed by atoms with van der Waals surface area (Å²) in [5.74, 6) is 0. The van der Waals surface area contributed by atoms with E-state index in [1.165, 1.54) is 5.56 Å².